The number of carbonyl (C=O) groups excluding carboxylic acids is 2. The summed E-state index contributed by atoms with van der Waals surface area (Å²) in [5.74, 6) is -35.1. The number of hydrogen-bond donors (Lipinski definition) is 1. The standard InChI is InChI=1S/C13H11F14NO3/c1-4(2)5(28-6(29)8(14,15)10(18,19)12(22,23)24)3-31-7(30)9(16,17)11(20,21)13(25,26)27/h4-5H,3H2,1-2H3,(H,28,29). The highest BCUT2D eigenvalue weighted by Gasteiger charge is 2.78. The molecule has 0 aliphatic rings. The molecule has 0 aliphatic carbocycles. The first-order chi connectivity index (χ1) is 13.4. The van der Waals surface area contributed by atoms with Gasteiger partial charge in [-0.2, -0.15) is 61.5 Å². The number of nitrogens with one attached hydrogen (secondary N) is 1. The van der Waals surface area contributed by atoms with Crippen LogP contribution in [-0.2, 0) is 14.3 Å². The van der Waals surface area contributed by atoms with Gasteiger partial charge in [0.1, 0.15) is 6.61 Å². The van der Waals surface area contributed by atoms with Gasteiger partial charge in [0, 0.05) is 0 Å². The molecule has 0 rings (SSSR count). The van der Waals surface area contributed by atoms with E-state index in [0.29, 0.717) is 0 Å². The van der Waals surface area contributed by atoms with Crippen LogP contribution in [0.2, 0.25) is 0 Å². The van der Waals surface area contributed by atoms with Crippen molar-refractivity contribution in [1.82, 2.24) is 5.32 Å². The van der Waals surface area contributed by atoms with Crippen LogP contribution in [0, 0.1) is 5.92 Å². The van der Waals surface area contributed by atoms with E-state index in [1.807, 2.05) is 0 Å². The predicted octanol–water partition coefficient (Wildman–Crippen LogP) is 4.34. The highest BCUT2D eigenvalue weighted by Crippen LogP contribution is 2.48. The molecule has 0 aromatic carbocycles. The average Bonchev–Trinajstić information content (AvgIpc) is 2.54. The maximum absolute atomic E-state index is 13.3. The molecule has 31 heavy (non-hydrogen) atoms. The van der Waals surface area contributed by atoms with Crippen molar-refractivity contribution >= 4 is 11.9 Å². The summed E-state index contributed by atoms with van der Waals surface area (Å²) in [6, 6.07) is -2.28. The first-order valence-corrected chi connectivity index (χ1v) is 7.48. The lowest BCUT2D eigenvalue weighted by atomic mass is 10.0. The molecular weight excluding hydrogens is 484 g/mol. The third-order valence-corrected chi connectivity index (χ3v) is 3.56. The molecule has 0 radical (unpaired) electrons. The van der Waals surface area contributed by atoms with Gasteiger partial charge in [-0.05, 0) is 5.92 Å². The maximum Gasteiger partial charge on any atom is 0.460 e. The Hall–Kier alpha value is -2.04. The van der Waals surface area contributed by atoms with Crippen LogP contribution in [0.5, 0.6) is 0 Å². The van der Waals surface area contributed by atoms with Crippen molar-refractivity contribution in [3.63, 3.8) is 0 Å². The third kappa shape index (κ3) is 5.42. The highest BCUT2D eigenvalue weighted by molar-refractivity contribution is 5.85. The number of carbonyl (C=O) groups is 2. The van der Waals surface area contributed by atoms with Crippen molar-refractivity contribution in [3.8, 4) is 0 Å². The normalized spacial score (nSPS) is 15.6. The van der Waals surface area contributed by atoms with Gasteiger partial charge in [0.15, 0.2) is 0 Å². The van der Waals surface area contributed by atoms with E-state index in [-0.39, 0.29) is 0 Å². The van der Waals surface area contributed by atoms with Crippen LogP contribution in [0.3, 0.4) is 0 Å². The second-order valence-electron chi connectivity index (χ2n) is 6.22. The number of ether oxygens (including phenoxy) is 1. The molecule has 184 valence electrons. The Bertz CT molecular complexity index is 667. The molecule has 1 N–H and O–H groups in total. The monoisotopic (exact) mass is 495 g/mol. The Morgan fingerprint density at radius 3 is 1.39 bits per heavy atom. The SMILES string of the molecule is CC(C)C(COC(=O)C(F)(F)C(F)(F)C(F)(F)F)NC(=O)C(F)(F)C(F)(F)C(F)(F)F. The van der Waals surface area contributed by atoms with Crippen LogP contribution in [0.25, 0.3) is 0 Å². The van der Waals surface area contributed by atoms with Crippen LogP contribution in [0.1, 0.15) is 13.8 Å². The van der Waals surface area contributed by atoms with E-state index >= 15 is 0 Å². The topological polar surface area (TPSA) is 55.4 Å². The molecule has 0 fully saturated rings. The van der Waals surface area contributed by atoms with E-state index in [4.69, 9.17) is 0 Å². The Kier molecular flexibility index (Phi) is 7.92. The molecule has 1 amide bonds. The fraction of sp³-hybridized carbons (Fsp3) is 0.846. The Morgan fingerprint density at radius 2 is 1.06 bits per heavy atom. The number of esters is 1. The molecule has 0 aromatic rings. The van der Waals surface area contributed by atoms with Crippen LogP contribution in [0.4, 0.5) is 61.5 Å². The highest BCUT2D eigenvalue weighted by atomic mass is 19.4. The quantitative estimate of drug-likeness (QED) is 0.403. The summed E-state index contributed by atoms with van der Waals surface area (Å²) in [5, 5.41) is 0.810. The summed E-state index contributed by atoms with van der Waals surface area (Å²) < 4.78 is 179. The van der Waals surface area contributed by atoms with Gasteiger partial charge in [0.2, 0.25) is 0 Å². The molecule has 18 heteroatoms. The second kappa shape index (κ2) is 8.48. The fourth-order valence-corrected chi connectivity index (χ4v) is 1.54. The van der Waals surface area contributed by atoms with E-state index in [1.165, 1.54) is 0 Å². The van der Waals surface area contributed by atoms with E-state index in [1.54, 1.807) is 0 Å². The van der Waals surface area contributed by atoms with Gasteiger partial charge in [0.05, 0.1) is 6.04 Å². The first-order valence-electron chi connectivity index (χ1n) is 7.48. The van der Waals surface area contributed by atoms with Gasteiger partial charge in [-0.1, -0.05) is 13.8 Å². The molecule has 4 nitrogen and oxygen atoms in total. The molecule has 0 saturated heterocycles. The Morgan fingerprint density at radius 1 is 0.710 bits per heavy atom. The van der Waals surface area contributed by atoms with E-state index in [2.05, 4.69) is 4.74 Å². The summed E-state index contributed by atoms with van der Waals surface area (Å²) in [7, 11) is 0. The van der Waals surface area contributed by atoms with Gasteiger partial charge in [-0.3, -0.25) is 4.79 Å². The fourth-order valence-electron chi connectivity index (χ4n) is 1.54. The molecule has 0 spiro atoms. The van der Waals surface area contributed by atoms with Crippen LogP contribution in [-0.4, -0.2) is 60.6 Å². The molecule has 0 aliphatic heterocycles. The van der Waals surface area contributed by atoms with E-state index < -0.39 is 66.5 Å². The number of halogens is 14. The van der Waals surface area contributed by atoms with Crippen LogP contribution in [0.15, 0.2) is 0 Å². The van der Waals surface area contributed by atoms with E-state index in [0.717, 1.165) is 19.2 Å². The number of alkyl halides is 14. The largest absolute Gasteiger partial charge is 0.460 e. The van der Waals surface area contributed by atoms with Crippen molar-refractivity contribution in [2.24, 2.45) is 5.92 Å². The van der Waals surface area contributed by atoms with Crippen molar-refractivity contribution < 1.29 is 75.8 Å². The maximum atomic E-state index is 13.3. The molecule has 0 bridgehead atoms. The van der Waals surface area contributed by atoms with Crippen LogP contribution >= 0.6 is 0 Å². The minimum atomic E-state index is -6.95. The van der Waals surface area contributed by atoms with Crippen molar-refractivity contribution in [1.29, 1.82) is 0 Å². The molecule has 0 aromatic heterocycles. The van der Waals surface area contributed by atoms with Gasteiger partial charge in [-0.25, -0.2) is 4.79 Å². The lowest BCUT2D eigenvalue weighted by molar-refractivity contribution is -0.348. The van der Waals surface area contributed by atoms with Crippen molar-refractivity contribution in [2.75, 3.05) is 6.61 Å². The molecule has 1 unspecified atom stereocenters. The summed E-state index contributed by atoms with van der Waals surface area (Å²) in [4.78, 5) is 22.2. The molecule has 0 heterocycles. The summed E-state index contributed by atoms with van der Waals surface area (Å²) in [6.45, 7) is -0.109. The van der Waals surface area contributed by atoms with Gasteiger partial charge in [-0.15, -0.1) is 0 Å². The summed E-state index contributed by atoms with van der Waals surface area (Å²) in [6.07, 6.45) is -13.9. The van der Waals surface area contributed by atoms with Crippen molar-refractivity contribution in [3.05, 3.63) is 0 Å². The van der Waals surface area contributed by atoms with Gasteiger partial charge in [0.25, 0.3) is 5.91 Å². The molecule has 1 atom stereocenters. The second-order valence-corrected chi connectivity index (χ2v) is 6.22. The third-order valence-electron chi connectivity index (χ3n) is 3.56. The smallest absolute Gasteiger partial charge is 0.459 e. The lowest BCUT2D eigenvalue weighted by Gasteiger charge is -2.30. The van der Waals surface area contributed by atoms with Gasteiger partial charge < -0.3 is 10.1 Å². The van der Waals surface area contributed by atoms with Crippen LogP contribution < -0.4 is 5.32 Å². The Labute approximate surface area is 162 Å². The number of rotatable bonds is 8. The minimum absolute atomic E-state index is 0.810. The summed E-state index contributed by atoms with van der Waals surface area (Å²) in [5.41, 5.74) is 0. The zero-order chi connectivity index (χ0) is 25.4. The number of amides is 1. The van der Waals surface area contributed by atoms with Gasteiger partial charge >= 0.3 is 42.0 Å². The average molecular weight is 495 g/mol. The number of hydrogen-bond acceptors (Lipinski definition) is 3. The predicted molar refractivity (Wildman–Crippen MR) is 69.6 cm³/mol. The zero-order valence-corrected chi connectivity index (χ0v) is 14.9. The Balaban J connectivity index is 5.53. The van der Waals surface area contributed by atoms with E-state index in [9.17, 15) is 71.1 Å². The lowest BCUT2D eigenvalue weighted by Crippen LogP contribution is -2.61. The van der Waals surface area contributed by atoms with Crippen molar-refractivity contribution in [2.45, 2.75) is 55.9 Å². The zero-order valence-electron chi connectivity index (χ0n) is 14.9. The minimum Gasteiger partial charge on any atom is -0.459 e. The first kappa shape index (κ1) is 29.0. The molecule has 0 saturated carbocycles. The summed E-state index contributed by atoms with van der Waals surface area (Å²) >= 11 is 0. The molecular formula is C13H11F14NO3.